The minimum atomic E-state index is -0.486. The second-order valence-corrected chi connectivity index (χ2v) is 7.44. The first-order chi connectivity index (χ1) is 11.3. The first-order valence-electron chi connectivity index (χ1n) is 7.93. The standard InChI is InChI=1S/C16H24N4O3S/c1-16(2,3)23-15(22)20-7-5-12(6-8-20)18-13-11(10-21)9-17-14(19-13)24-4/h9-10,12H,5-8H2,1-4H3,(H,17,18,19). The summed E-state index contributed by atoms with van der Waals surface area (Å²) in [6, 6.07) is 0.159. The van der Waals surface area contributed by atoms with Gasteiger partial charge >= 0.3 is 6.09 Å². The maximum Gasteiger partial charge on any atom is 0.410 e. The van der Waals surface area contributed by atoms with Gasteiger partial charge in [0, 0.05) is 25.3 Å². The van der Waals surface area contributed by atoms with Gasteiger partial charge in [0.2, 0.25) is 0 Å². The van der Waals surface area contributed by atoms with Crippen LogP contribution in [0.5, 0.6) is 0 Å². The van der Waals surface area contributed by atoms with Gasteiger partial charge in [-0.3, -0.25) is 4.79 Å². The third-order valence-corrected chi connectivity index (χ3v) is 4.15. The van der Waals surface area contributed by atoms with Crippen molar-refractivity contribution in [3.05, 3.63) is 11.8 Å². The van der Waals surface area contributed by atoms with Crippen LogP contribution in [-0.4, -0.2) is 58.2 Å². The van der Waals surface area contributed by atoms with Gasteiger partial charge in [0.25, 0.3) is 0 Å². The fourth-order valence-electron chi connectivity index (χ4n) is 2.40. The molecule has 0 aromatic carbocycles. The van der Waals surface area contributed by atoms with E-state index < -0.39 is 5.60 Å². The van der Waals surface area contributed by atoms with Crippen LogP contribution in [0.1, 0.15) is 44.0 Å². The van der Waals surface area contributed by atoms with E-state index in [2.05, 4.69) is 15.3 Å². The van der Waals surface area contributed by atoms with Gasteiger partial charge in [0.05, 0.1) is 5.56 Å². The number of ether oxygens (including phenoxy) is 1. The zero-order chi connectivity index (χ0) is 17.7. The molecule has 1 aromatic heterocycles. The summed E-state index contributed by atoms with van der Waals surface area (Å²) in [6.07, 6.45) is 5.44. The van der Waals surface area contributed by atoms with E-state index in [0.29, 0.717) is 29.6 Å². The van der Waals surface area contributed by atoms with Gasteiger partial charge in [-0.25, -0.2) is 14.8 Å². The summed E-state index contributed by atoms with van der Waals surface area (Å²) >= 11 is 1.43. The van der Waals surface area contributed by atoms with Crippen molar-refractivity contribution in [3.63, 3.8) is 0 Å². The lowest BCUT2D eigenvalue weighted by atomic mass is 10.1. The molecule has 8 heteroatoms. The number of hydrogen-bond donors (Lipinski definition) is 1. The molecule has 1 aromatic rings. The van der Waals surface area contributed by atoms with E-state index in [1.807, 2.05) is 27.0 Å². The number of piperidine rings is 1. The molecule has 132 valence electrons. The fraction of sp³-hybridized carbons (Fsp3) is 0.625. The number of amides is 1. The van der Waals surface area contributed by atoms with E-state index in [-0.39, 0.29) is 12.1 Å². The molecule has 0 bridgehead atoms. The van der Waals surface area contributed by atoms with Gasteiger partial charge in [0.15, 0.2) is 11.4 Å². The molecule has 0 spiro atoms. The molecule has 0 radical (unpaired) electrons. The predicted octanol–water partition coefficient (Wildman–Crippen LogP) is 2.82. The molecular formula is C16H24N4O3S. The molecule has 1 fully saturated rings. The number of carbonyl (C=O) groups is 2. The van der Waals surface area contributed by atoms with Gasteiger partial charge in [-0.15, -0.1) is 0 Å². The van der Waals surface area contributed by atoms with Crippen LogP contribution >= 0.6 is 11.8 Å². The first kappa shape index (κ1) is 18.5. The number of thioether (sulfide) groups is 1. The molecule has 1 amide bonds. The molecule has 2 heterocycles. The van der Waals surface area contributed by atoms with Crippen molar-refractivity contribution in [2.24, 2.45) is 0 Å². The Labute approximate surface area is 146 Å². The highest BCUT2D eigenvalue weighted by molar-refractivity contribution is 7.98. The summed E-state index contributed by atoms with van der Waals surface area (Å²) in [5, 5.41) is 3.93. The normalized spacial score (nSPS) is 15.9. The molecule has 24 heavy (non-hydrogen) atoms. The second kappa shape index (κ2) is 7.83. The quantitative estimate of drug-likeness (QED) is 0.507. The Morgan fingerprint density at radius 2 is 2.08 bits per heavy atom. The number of anilines is 1. The van der Waals surface area contributed by atoms with Crippen molar-refractivity contribution in [2.75, 3.05) is 24.7 Å². The highest BCUT2D eigenvalue weighted by Crippen LogP contribution is 2.21. The van der Waals surface area contributed by atoms with Crippen LogP contribution in [0.15, 0.2) is 11.4 Å². The largest absolute Gasteiger partial charge is 0.444 e. The van der Waals surface area contributed by atoms with Gasteiger partial charge in [0.1, 0.15) is 11.4 Å². The van der Waals surface area contributed by atoms with Gasteiger partial charge in [-0.05, 0) is 39.9 Å². The van der Waals surface area contributed by atoms with Crippen molar-refractivity contribution >= 4 is 30.0 Å². The molecule has 0 atom stereocenters. The fourth-order valence-corrected chi connectivity index (χ4v) is 2.74. The summed E-state index contributed by atoms with van der Waals surface area (Å²) in [7, 11) is 0. The summed E-state index contributed by atoms with van der Waals surface area (Å²) in [5.74, 6) is 0.556. The summed E-state index contributed by atoms with van der Waals surface area (Å²) in [6.45, 7) is 6.81. The zero-order valence-corrected chi connectivity index (χ0v) is 15.4. The molecule has 1 N–H and O–H groups in total. The Bertz CT molecular complexity index is 595. The second-order valence-electron chi connectivity index (χ2n) is 6.66. The van der Waals surface area contributed by atoms with Crippen LogP contribution in [0.4, 0.5) is 10.6 Å². The third kappa shape index (κ3) is 5.09. The lowest BCUT2D eigenvalue weighted by Gasteiger charge is -2.34. The average Bonchev–Trinajstić information content (AvgIpc) is 2.53. The molecule has 1 saturated heterocycles. The van der Waals surface area contributed by atoms with E-state index in [4.69, 9.17) is 4.74 Å². The molecule has 0 saturated carbocycles. The number of nitrogens with zero attached hydrogens (tertiary/aromatic N) is 3. The summed E-state index contributed by atoms with van der Waals surface area (Å²) in [4.78, 5) is 33.4. The topological polar surface area (TPSA) is 84.4 Å². The Hall–Kier alpha value is -1.83. The van der Waals surface area contributed by atoms with E-state index in [1.165, 1.54) is 18.0 Å². The number of aldehydes is 1. The van der Waals surface area contributed by atoms with Gasteiger partial charge in [-0.2, -0.15) is 0 Å². The summed E-state index contributed by atoms with van der Waals surface area (Å²) in [5.41, 5.74) is -0.0392. The van der Waals surface area contributed by atoms with Crippen LogP contribution in [0.2, 0.25) is 0 Å². The Morgan fingerprint density at radius 1 is 1.42 bits per heavy atom. The Kier molecular flexibility index (Phi) is 6.04. The third-order valence-electron chi connectivity index (χ3n) is 3.59. The van der Waals surface area contributed by atoms with E-state index in [1.54, 1.807) is 4.90 Å². The van der Waals surface area contributed by atoms with E-state index in [9.17, 15) is 9.59 Å². The molecule has 1 aliphatic rings. The van der Waals surface area contributed by atoms with Crippen LogP contribution in [0.3, 0.4) is 0 Å². The van der Waals surface area contributed by atoms with Crippen LogP contribution in [0, 0.1) is 0 Å². The maximum absolute atomic E-state index is 12.1. The molecule has 0 aliphatic carbocycles. The Balaban J connectivity index is 1.94. The van der Waals surface area contributed by atoms with Crippen molar-refractivity contribution in [1.82, 2.24) is 14.9 Å². The van der Waals surface area contributed by atoms with Crippen LogP contribution in [-0.2, 0) is 4.74 Å². The first-order valence-corrected chi connectivity index (χ1v) is 9.15. The Morgan fingerprint density at radius 3 is 2.62 bits per heavy atom. The van der Waals surface area contributed by atoms with Gasteiger partial charge < -0.3 is 15.0 Å². The van der Waals surface area contributed by atoms with E-state index >= 15 is 0 Å². The number of carbonyl (C=O) groups excluding carboxylic acids is 2. The lowest BCUT2D eigenvalue weighted by molar-refractivity contribution is 0.0210. The van der Waals surface area contributed by atoms with E-state index in [0.717, 1.165) is 19.1 Å². The molecule has 7 nitrogen and oxygen atoms in total. The minimum absolute atomic E-state index is 0.159. The smallest absolute Gasteiger partial charge is 0.410 e. The number of nitrogens with one attached hydrogen (secondary N) is 1. The number of aromatic nitrogens is 2. The molecular weight excluding hydrogens is 328 g/mol. The average molecular weight is 352 g/mol. The SMILES string of the molecule is CSc1ncc(C=O)c(NC2CCN(C(=O)OC(C)(C)C)CC2)n1. The predicted molar refractivity (Wildman–Crippen MR) is 93.7 cm³/mol. The van der Waals surface area contributed by atoms with Crippen LogP contribution in [0.25, 0.3) is 0 Å². The molecule has 1 aliphatic heterocycles. The number of hydrogen-bond acceptors (Lipinski definition) is 7. The number of rotatable bonds is 4. The molecule has 0 unspecified atom stereocenters. The monoisotopic (exact) mass is 352 g/mol. The highest BCUT2D eigenvalue weighted by Gasteiger charge is 2.27. The van der Waals surface area contributed by atoms with Crippen molar-refractivity contribution in [2.45, 2.75) is 50.4 Å². The van der Waals surface area contributed by atoms with Crippen LogP contribution < -0.4 is 5.32 Å². The van der Waals surface area contributed by atoms with Crippen molar-refractivity contribution in [3.8, 4) is 0 Å². The maximum atomic E-state index is 12.1. The molecule has 2 rings (SSSR count). The van der Waals surface area contributed by atoms with Gasteiger partial charge in [-0.1, -0.05) is 11.8 Å². The number of likely N-dealkylation sites (tertiary alicyclic amines) is 1. The zero-order valence-electron chi connectivity index (χ0n) is 14.5. The van der Waals surface area contributed by atoms with Crippen molar-refractivity contribution < 1.29 is 14.3 Å². The van der Waals surface area contributed by atoms with Crippen molar-refractivity contribution in [1.29, 1.82) is 0 Å². The summed E-state index contributed by atoms with van der Waals surface area (Å²) < 4.78 is 5.39. The highest BCUT2D eigenvalue weighted by atomic mass is 32.2. The minimum Gasteiger partial charge on any atom is -0.444 e. The lowest BCUT2D eigenvalue weighted by Crippen LogP contribution is -2.44.